The van der Waals surface area contributed by atoms with Gasteiger partial charge in [0.25, 0.3) is 0 Å². The zero-order valence-electron chi connectivity index (χ0n) is 9.43. The molecule has 0 amide bonds. The van der Waals surface area contributed by atoms with Crippen LogP contribution in [0.1, 0.15) is 23.6 Å². The van der Waals surface area contributed by atoms with Crippen LogP contribution in [0.2, 0.25) is 0 Å². The second-order valence-electron chi connectivity index (χ2n) is 3.96. The summed E-state index contributed by atoms with van der Waals surface area (Å²) < 4.78 is 1.13. The van der Waals surface area contributed by atoms with Crippen molar-refractivity contribution in [1.82, 2.24) is 4.90 Å². The number of hydrogen-bond donors (Lipinski definition) is 0. The quantitative estimate of drug-likeness (QED) is 0.758. The molecule has 0 radical (unpaired) electrons. The smallest absolute Gasteiger partial charge is 0.0356 e. The minimum absolute atomic E-state index is 0.403. The Morgan fingerprint density at radius 1 is 1.40 bits per heavy atom. The van der Waals surface area contributed by atoms with Gasteiger partial charge >= 0.3 is 0 Å². The second-order valence-corrected chi connectivity index (χ2v) is 5.25. The molecule has 0 spiro atoms. The van der Waals surface area contributed by atoms with Crippen molar-refractivity contribution in [2.24, 2.45) is 0 Å². The normalized spacial score (nSPS) is 13.2. The largest absolute Gasteiger partial charge is 0.302 e. The molecular formula is C12H17BrClN. The second kappa shape index (κ2) is 5.88. The predicted octanol–water partition coefficient (Wildman–Crippen LogP) is 3.99. The molecule has 1 nitrogen and oxygen atoms in total. The molecule has 1 unspecified atom stereocenters. The summed E-state index contributed by atoms with van der Waals surface area (Å²) in [6.45, 7) is 2.15. The van der Waals surface area contributed by atoms with E-state index < -0.39 is 0 Å². The molecule has 84 valence electrons. The fraction of sp³-hybridized carbons (Fsp3) is 0.500. The lowest BCUT2D eigenvalue weighted by molar-refractivity contribution is 0.292. The first-order valence-corrected chi connectivity index (χ1v) is 6.37. The third-order valence-corrected chi connectivity index (χ3v) is 3.32. The highest BCUT2D eigenvalue weighted by Gasteiger charge is 2.15. The third kappa shape index (κ3) is 3.47. The molecule has 1 aromatic rings. The van der Waals surface area contributed by atoms with Crippen molar-refractivity contribution < 1.29 is 0 Å². The van der Waals surface area contributed by atoms with Crippen LogP contribution in [-0.4, -0.2) is 24.9 Å². The molecule has 0 aliphatic rings. The first-order valence-electron chi connectivity index (χ1n) is 5.04. The van der Waals surface area contributed by atoms with E-state index in [9.17, 15) is 0 Å². The van der Waals surface area contributed by atoms with Gasteiger partial charge in [-0.15, -0.1) is 11.6 Å². The van der Waals surface area contributed by atoms with E-state index in [0.717, 1.165) is 10.9 Å². The fourth-order valence-electron chi connectivity index (χ4n) is 1.77. The summed E-state index contributed by atoms with van der Waals surface area (Å²) in [4.78, 5) is 2.22. The minimum Gasteiger partial charge on any atom is -0.302 e. The van der Waals surface area contributed by atoms with Crippen LogP contribution in [0, 0.1) is 6.92 Å². The zero-order chi connectivity index (χ0) is 11.4. The van der Waals surface area contributed by atoms with Gasteiger partial charge in [-0.3, -0.25) is 0 Å². The van der Waals surface area contributed by atoms with Gasteiger partial charge in [-0.05, 0) is 50.7 Å². The Bertz CT molecular complexity index is 325. The molecule has 0 saturated heterocycles. The number of rotatable bonds is 4. The van der Waals surface area contributed by atoms with Gasteiger partial charge in [-0.1, -0.05) is 22.0 Å². The summed E-state index contributed by atoms with van der Waals surface area (Å²) in [5.41, 5.74) is 2.68. The Balaban J connectivity index is 3.04. The summed E-state index contributed by atoms with van der Waals surface area (Å²) in [6, 6.07) is 6.81. The van der Waals surface area contributed by atoms with Crippen molar-refractivity contribution in [2.75, 3.05) is 20.0 Å². The highest BCUT2D eigenvalue weighted by atomic mass is 79.9. The van der Waals surface area contributed by atoms with E-state index in [1.165, 1.54) is 11.1 Å². The van der Waals surface area contributed by atoms with Crippen LogP contribution in [-0.2, 0) is 0 Å². The molecule has 1 rings (SSSR count). The van der Waals surface area contributed by atoms with Gasteiger partial charge in [0.15, 0.2) is 0 Å². The number of hydrogen-bond acceptors (Lipinski definition) is 1. The van der Waals surface area contributed by atoms with Crippen molar-refractivity contribution in [3.05, 3.63) is 33.8 Å². The molecule has 0 N–H and O–H groups in total. The highest BCUT2D eigenvalue weighted by Crippen LogP contribution is 2.28. The van der Waals surface area contributed by atoms with Crippen LogP contribution in [0.15, 0.2) is 22.7 Å². The van der Waals surface area contributed by atoms with E-state index in [0.29, 0.717) is 11.9 Å². The average Bonchev–Trinajstić information content (AvgIpc) is 2.18. The van der Waals surface area contributed by atoms with E-state index in [1.54, 1.807) is 0 Å². The number of aryl methyl sites for hydroxylation is 1. The van der Waals surface area contributed by atoms with Crippen LogP contribution >= 0.6 is 27.5 Å². The molecule has 3 heteroatoms. The summed E-state index contributed by atoms with van der Waals surface area (Å²) >= 11 is 9.36. The van der Waals surface area contributed by atoms with Gasteiger partial charge < -0.3 is 4.90 Å². The Labute approximate surface area is 106 Å². The van der Waals surface area contributed by atoms with Gasteiger partial charge in [-0.25, -0.2) is 0 Å². The van der Waals surface area contributed by atoms with Crippen molar-refractivity contribution in [2.45, 2.75) is 19.4 Å². The van der Waals surface area contributed by atoms with Crippen LogP contribution in [0.5, 0.6) is 0 Å². The lowest BCUT2D eigenvalue weighted by atomic mass is 9.99. The molecule has 0 aromatic heterocycles. The molecule has 0 aliphatic carbocycles. The van der Waals surface area contributed by atoms with Crippen LogP contribution in [0.3, 0.4) is 0 Å². The lowest BCUT2D eigenvalue weighted by Crippen LogP contribution is -2.21. The Hall–Kier alpha value is -0.0500. The monoisotopic (exact) mass is 289 g/mol. The molecule has 0 heterocycles. The zero-order valence-corrected chi connectivity index (χ0v) is 11.8. The molecule has 0 aliphatic heterocycles. The average molecular weight is 291 g/mol. The molecule has 0 fully saturated rings. The summed E-state index contributed by atoms with van der Waals surface area (Å²) in [6.07, 6.45) is 0.978. The van der Waals surface area contributed by atoms with E-state index >= 15 is 0 Å². The predicted molar refractivity (Wildman–Crippen MR) is 70.6 cm³/mol. The number of alkyl halides is 1. The number of benzene rings is 1. The topological polar surface area (TPSA) is 3.24 Å². The van der Waals surface area contributed by atoms with E-state index in [2.05, 4.69) is 60.0 Å². The maximum absolute atomic E-state index is 5.84. The summed E-state index contributed by atoms with van der Waals surface area (Å²) in [5, 5.41) is 0. The van der Waals surface area contributed by atoms with Crippen molar-refractivity contribution in [3.63, 3.8) is 0 Å². The summed E-state index contributed by atoms with van der Waals surface area (Å²) in [5.74, 6) is 0.689. The van der Waals surface area contributed by atoms with Gasteiger partial charge in [0.2, 0.25) is 0 Å². The Morgan fingerprint density at radius 3 is 2.60 bits per heavy atom. The molecular weight excluding hydrogens is 273 g/mol. The number of nitrogens with zero attached hydrogens (tertiary/aromatic N) is 1. The first kappa shape index (κ1) is 13.0. The van der Waals surface area contributed by atoms with Gasteiger partial charge in [0, 0.05) is 16.4 Å². The van der Waals surface area contributed by atoms with Crippen LogP contribution in [0.25, 0.3) is 0 Å². The highest BCUT2D eigenvalue weighted by molar-refractivity contribution is 9.10. The van der Waals surface area contributed by atoms with E-state index in [-0.39, 0.29) is 0 Å². The standard InChI is InChI=1S/C12H17BrClN/c1-9-4-5-10(13)8-11(9)12(6-7-14)15(2)3/h4-5,8,12H,6-7H2,1-3H3. The molecule has 0 bridgehead atoms. The molecule has 15 heavy (non-hydrogen) atoms. The van der Waals surface area contributed by atoms with Crippen molar-refractivity contribution in [1.29, 1.82) is 0 Å². The van der Waals surface area contributed by atoms with E-state index in [4.69, 9.17) is 11.6 Å². The van der Waals surface area contributed by atoms with Crippen LogP contribution in [0.4, 0.5) is 0 Å². The lowest BCUT2D eigenvalue weighted by Gasteiger charge is -2.25. The van der Waals surface area contributed by atoms with Gasteiger partial charge in [-0.2, -0.15) is 0 Å². The minimum atomic E-state index is 0.403. The Morgan fingerprint density at radius 2 is 2.07 bits per heavy atom. The van der Waals surface area contributed by atoms with Gasteiger partial charge in [0.1, 0.15) is 0 Å². The maximum Gasteiger partial charge on any atom is 0.0356 e. The molecule has 1 atom stereocenters. The number of halogens is 2. The van der Waals surface area contributed by atoms with Crippen LogP contribution < -0.4 is 0 Å². The molecule has 0 saturated carbocycles. The van der Waals surface area contributed by atoms with Crippen molar-refractivity contribution >= 4 is 27.5 Å². The summed E-state index contributed by atoms with van der Waals surface area (Å²) in [7, 11) is 4.19. The first-order chi connectivity index (χ1) is 7.06. The third-order valence-electron chi connectivity index (χ3n) is 2.61. The SMILES string of the molecule is Cc1ccc(Br)cc1C(CCCl)N(C)C. The van der Waals surface area contributed by atoms with E-state index in [1.807, 2.05) is 0 Å². The maximum atomic E-state index is 5.84. The Kier molecular flexibility index (Phi) is 5.10. The fourth-order valence-corrected chi connectivity index (χ4v) is 2.35. The van der Waals surface area contributed by atoms with Gasteiger partial charge in [0.05, 0.1) is 0 Å². The molecule has 1 aromatic carbocycles. The van der Waals surface area contributed by atoms with Crippen molar-refractivity contribution in [3.8, 4) is 0 Å².